The Hall–Kier alpha value is -3.29. The average molecular weight is 436 g/mol. The smallest absolute Gasteiger partial charge is 0.318 e. The molecule has 0 saturated carbocycles. The van der Waals surface area contributed by atoms with Crippen LogP contribution in [0.2, 0.25) is 0 Å². The second-order valence-electron chi connectivity index (χ2n) is 7.70. The molecule has 3 aromatic carbocycles. The normalized spacial score (nSPS) is 18.8. The number of hydrogen-bond donors (Lipinski definition) is 1. The maximum atomic E-state index is 13.3. The van der Waals surface area contributed by atoms with Crippen LogP contribution >= 0.6 is 0 Å². The van der Waals surface area contributed by atoms with Crippen molar-refractivity contribution in [1.29, 1.82) is 0 Å². The number of para-hydroxylation sites is 1. The molecule has 2 N–H and O–H groups in total. The molecule has 1 aliphatic rings. The standard InChI is InChI=1S/C24H22N2O4S/c1-31(29,30)22-11-5-3-9-20(22)17-13-15-19(16-14-17)26(24(25)28)21-10-4-2-7-18(21)8-6-12-23(26)27/h2-5,7,9-11,13-16H,6,8,12H2,1H3,(H-,25,28)/p+1. The number of quaternary nitrogens is 1. The summed E-state index contributed by atoms with van der Waals surface area (Å²) in [6.45, 7) is 0. The van der Waals surface area contributed by atoms with Crippen LogP contribution in [0.25, 0.3) is 11.1 Å². The fourth-order valence-electron chi connectivity index (χ4n) is 4.33. The number of rotatable bonds is 3. The van der Waals surface area contributed by atoms with E-state index in [1.807, 2.05) is 12.1 Å². The first-order valence-electron chi connectivity index (χ1n) is 9.97. The van der Waals surface area contributed by atoms with Gasteiger partial charge in [-0.25, -0.2) is 18.0 Å². The van der Waals surface area contributed by atoms with Crippen LogP contribution in [0.3, 0.4) is 0 Å². The monoisotopic (exact) mass is 435 g/mol. The molecule has 7 heteroatoms. The van der Waals surface area contributed by atoms with Crippen molar-refractivity contribution in [3.05, 3.63) is 78.4 Å². The van der Waals surface area contributed by atoms with E-state index in [2.05, 4.69) is 0 Å². The van der Waals surface area contributed by atoms with E-state index in [9.17, 15) is 18.0 Å². The Bertz CT molecular complexity index is 1280. The SMILES string of the molecule is CS(=O)(=O)c1ccccc1-c1ccc([N+]2(C(N)=O)C(=O)CCCc3ccccc32)cc1. The van der Waals surface area contributed by atoms with Gasteiger partial charge < -0.3 is 5.73 Å². The Morgan fingerprint density at radius 3 is 2.23 bits per heavy atom. The van der Waals surface area contributed by atoms with Crippen molar-refractivity contribution in [2.45, 2.75) is 24.2 Å². The van der Waals surface area contributed by atoms with Gasteiger partial charge in [0.05, 0.1) is 11.3 Å². The lowest BCUT2D eigenvalue weighted by molar-refractivity contribution is -0.125. The molecule has 0 aromatic heterocycles. The number of nitrogens with zero attached hydrogens (tertiary/aromatic N) is 1. The molecular formula is C24H23N2O4S+. The summed E-state index contributed by atoms with van der Waals surface area (Å²) in [6, 6.07) is 20.2. The number of urea groups is 1. The van der Waals surface area contributed by atoms with Gasteiger partial charge in [-0.15, -0.1) is 4.48 Å². The second kappa shape index (κ2) is 7.76. The summed E-state index contributed by atoms with van der Waals surface area (Å²) in [4.78, 5) is 26.3. The van der Waals surface area contributed by atoms with E-state index < -0.39 is 20.4 Å². The van der Waals surface area contributed by atoms with E-state index in [-0.39, 0.29) is 17.2 Å². The largest absolute Gasteiger partial charge is 0.431 e. The van der Waals surface area contributed by atoms with Crippen LogP contribution in [0.1, 0.15) is 18.4 Å². The van der Waals surface area contributed by atoms with Gasteiger partial charge in [-0.3, -0.25) is 0 Å². The van der Waals surface area contributed by atoms with Gasteiger partial charge in [0, 0.05) is 35.6 Å². The third kappa shape index (κ3) is 3.45. The number of imide groups is 1. The zero-order valence-corrected chi connectivity index (χ0v) is 17.9. The van der Waals surface area contributed by atoms with Crippen molar-refractivity contribution < 1.29 is 18.0 Å². The summed E-state index contributed by atoms with van der Waals surface area (Å²) in [5.74, 6) is -0.276. The maximum Gasteiger partial charge on any atom is 0.431 e. The molecule has 3 amide bonds. The molecule has 0 aliphatic carbocycles. The van der Waals surface area contributed by atoms with Crippen LogP contribution in [0.15, 0.2) is 77.7 Å². The molecule has 1 aliphatic heterocycles. The van der Waals surface area contributed by atoms with E-state index in [4.69, 9.17) is 5.73 Å². The number of sulfone groups is 1. The van der Waals surface area contributed by atoms with Crippen LogP contribution in [0.5, 0.6) is 0 Å². The molecule has 0 bridgehead atoms. The van der Waals surface area contributed by atoms with Crippen molar-refractivity contribution in [3.63, 3.8) is 0 Å². The minimum absolute atomic E-state index is 0.220. The second-order valence-corrected chi connectivity index (χ2v) is 9.68. The summed E-state index contributed by atoms with van der Waals surface area (Å²) >= 11 is 0. The van der Waals surface area contributed by atoms with Gasteiger partial charge in [0.1, 0.15) is 0 Å². The lowest BCUT2D eigenvalue weighted by atomic mass is 10.0. The summed E-state index contributed by atoms with van der Waals surface area (Å²) < 4.78 is 23.7. The predicted octanol–water partition coefficient (Wildman–Crippen LogP) is 4.34. The Morgan fingerprint density at radius 1 is 0.903 bits per heavy atom. The lowest BCUT2D eigenvalue weighted by Crippen LogP contribution is -2.57. The molecule has 6 nitrogen and oxygen atoms in total. The van der Waals surface area contributed by atoms with E-state index in [1.54, 1.807) is 60.7 Å². The number of hydrogen-bond acceptors (Lipinski definition) is 4. The number of amides is 3. The van der Waals surface area contributed by atoms with E-state index in [1.165, 1.54) is 6.26 Å². The van der Waals surface area contributed by atoms with E-state index in [0.29, 0.717) is 35.3 Å². The van der Waals surface area contributed by atoms with Crippen LogP contribution in [0, 0.1) is 0 Å². The van der Waals surface area contributed by atoms with E-state index >= 15 is 0 Å². The van der Waals surface area contributed by atoms with Crippen LogP contribution in [0.4, 0.5) is 16.2 Å². The Morgan fingerprint density at radius 2 is 1.55 bits per heavy atom. The molecule has 158 valence electrons. The Labute approximate surface area is 181 Å². The summed E-state index contributed by atoms with van der Waals surface area (Å²) in [6.07, 6.45) is 2.73. The van der Waals surface area contributed by atoms with Crippen molar-refractivity contribution in [1.82, 2.24) is 4.48 Å². The molecule has 0 radical (unpaired) electrons. The van der Waals surface area contributed by atoms with Gasteiger partial charge >= 0.3 is 11.9 Å². The predicted molar refractivity (Wildman–Crippen MR) is 120 cm³/mol. The molecule has 0 fully saturated rings. The molecule has 0 spiro atoms. The molecule has 0 saturated heterocycles. The van der Waals surface area contributed by atoms with Gasteiger partial charge in [0.25, 0.3) is 0 Å². The topological polar surface area (TPSA) is 94.3 Å². The zero-order valence-electron chi connectivity index (χ0n) is 17.1. The van der Waals surface area contributed by atoms with Crippen LogP contribution < -0.4 is 10.2 Å². The fraction of sp³-hybridized carbons (Fsp3) is 0.167. The highest BCUT2D eigenvalue weighted by atomic mass is 32.2. The summed E-state index contributed by atoms with van der Waals surface area (Å²) in [5, 5.41) is 0. The molecular weight excluding hydrogens is 412 g/mol. The molecule has 1 unspecified atom stereocenters. The molecule has 3 aromatic rings. The number of nitrogens with two attached hydrogens (primary N) is 1. The molecule has 4 rings (SSSR count). The number of aryl methyl sites for hydroxylation is 1. The first-order chi connectivity index (χ1) is 14.8. The van der Waals surface area contributed by atoms with Crippen molar-refractivity contribution in [2.75, 3.05) is 6.26 Å². The van der Waals surface area contributed by atoms with Gasteiger partial charge in [-0.05, 0) is 36.6 Å². The highest BCUT2D eigenvalue weighted by molar-refractivity contribution is 7.90. The average Bonchev–Trinajstić information content (AvgIpc) is 2.90. The minimum atomic E-state index is -3.42. The third-order valence-corrected chi connectivity index (χ3v) is 6.90. The van der Waals surface area contributed by atoms with Gasteiger partial charge in [0.2, 0.25) is 0 Å². The highest BCUT2D eigenvalue weighted by Crippen LogP contribution is 2.42. The molecule has 1 atom stereocenters. The van der Waals surface area contributed by atoms with Crippen LogP contribution in [-0.2, 0) is 21.1 Å². The fourth-order valence-corrected chi connectivity index (χ4v) is 5.24. The zero-order chi connectivity index (χ0) is 22.2. The summed E-state index contributed by atoms with van der Waals surface area (Å²) in [5.41, 5.74) is 9.03. The number of primary amides is 1. The lowest BCUT2D eigenvalue weighted by Gasteiger charge is -2.30. The molecule has 31 heavy (non-hydrogen) atoms. The van der Waals surface area contributed by atoms with Crippen molar-refractivity contribution in [3.8, 4) is 11.1 Å². The first kappa shape index (κ1) is 21.0. The minimum Gasteiger partial charge on any atom is -0.318 e. The van der Waals surface area contributed by atoms with E-state index in [0.717, 1.165) is 5.56 Å². The number of carbonyl (C=O) groups is 2. The van der Waals surface area contributed by atoms with Crippen molar-refractivity contribution in [2.24, 2.45) is 5.73 Å². The molecule has 1 heterocycles. The number of benzene rings is 3. The van der Waals surface area contributed by atoms with Gasteiger partial charge in [-0.2, -0.15) is 0 Å². The third-order valence-electron chi connectivity index (χ3n) is 5.75. The van der Waals surface area contributed by atoms with Crippen LogP contribution in [-0.4, -0.2) is 26.6 Å². The maximum absolute atomic E-state index is 13.3. The van der Waals surface area contributed by atoms with Gasteiger partial charge in [0.15, 0.2) is 21.2 Å². The Kier molecular flexibility index (Phi) is 5.24. The quantitative estimate of drug-likeness (QED) is 0.619. The highest BCUT2D eigenvalue weighted by Gasteiger charge is 2.50. The number of fused-ring (bicyclic) bond motifs is 1. The Balaban J connectivity index is 1.91. The summed E-state index contributed by atoms with van der Waals surface area (Å²) in [7, 11) is -3.42. The van der Waals surface area contributed by atoms with Gasteiger partial charge in [-0.1, -0.05) is 36.4 Å². The number of carbonyl (C=O) groups excluding carboxylic acids is 2. The van der Waals surface area contributed by atoms with Crippen molar-refractivity contribution >= 4 is 33.2 Å². The first-order valence-corrected chi connectivity index (χ1v) is 11.9.